The van der Waals surface area contributed by atoms with Crippen LogP contribution in [-0.2, 0) is 6.54 Å². The van der Waals surface area contributed by atoms with Gasteiger partial charge in [-0.05, 0) is 49.6 Å². The second-order valence-corrected chi connectivity index (χ2v) is 5.62. The maximum absolute atomic E-state index is 5.82. The predicted octanol–water partition coefficient (Wildman–Crippen LogP) is 3.59. The fourth-order valence-electron chi connectivity index (χ4n) is 2.76. The highest BCUT2D eigenvalue weighted by Crippen LogP contribution is 2.28. The molecule has 0 fully saturated rings. The summed E-state index contributed by atoms with van der Waals surface area (Å²) in [4.78, 5) is 4.87. The highest BCUT2D eigenvalue weighted by atomic mass is 15.1. The third-order valence-corrected chi connectivity index (χ3v) is 4.10. The zero-order valence-corrected chi connectivity index (χ0v) is 12.9. The van der Waals surface area contributed by atoms with E-state index in [1.807, 2.05) is 0 Å². The molecule has 2 aromatic carbocycles. The number of hydrogen-bond acceptors (Lipinski definition) is 2. The molecule has 0 bridgehead atoms. The van der Waals surface area contributed by atoms with Gasteiger partial charge < -0.3 is 10.3 Å². The molecule has 0 aliphatic heterocycles. The van der Waals surface area contributed by atoms with Crippen molar-refractivity contribution in [1.82, 2.24) is 9.55 Å². The third kappa shape index (κ3) is 2.34. The van der Waals surface area contributed by atoms with Gasteiger partial charge in [0.15, 0.2) is 0 Å². The zero-order valence-electron chi connectivity index (χ0n) is 12.9. The van der Waals surface area contributed by atoms with Crippen molar-refractivity contribution < 1.29 is 0 Å². The van der Waals surface area contributed by atoms with Crippen LogP contribution in [0.1, 0.15) is 16.7 Å². The lowest BCUT2D eigenvalue weighted by Crippen LogP contribution is -2.11. The quantitative estimate of drug-likeness (QED) is 0.796. The van der Waals surface area contributed by atoms with Crippen LogP contribution < -0.4 is 5.73 Å². The average molecular weight is 279 g/mol. The zero-order chi connectivity index (χ0) is 15.0. The molecule has 21 heavy (non-hydrogen) atoms. The van der Waals surface area contributed by atoms with Gasteiger partial charge in [0.2, 0.25) is 0 Å². The van der Waals surface area contributed by atoms with E-state index >= 15 is 0 Å². The minimum atomic E-state index is 0.608. The van der Waals surface area contributed by atoms with Gasteiger partial charge in [0.1, 0.15) is 5.82 Å². The second kappa shape index (κ2) is 5.34. The molecule has 0 spiro atoms. The highest BCUT2D eigenvalue weighted by Gasteiger charge is 2.14. The number of nitrogens with zero attached hydrogens (tertiary/aromatic N) is 2. The minimum Gasteiger partial charge on any atom is -0.329 e. The summed E-state index contributed by atoms with van der Waals surface area (Å²) in [5.74, 6) is 1.01. The Morgan fingerprint density at radius 2 is 1.71 bits per heavy atom. The molecule has 0 saturated heterocycles. The van der Waals surface area contributed by atoms with Crippen molar-refractivity contribution in [1.29, 1.82) is 0 Å². The Labute approximate surface area is 125 Å². The fraction of sp³-hybridized carbons (Fsp3) is 0.278. The molecule has 3 rings (SSSR count). The van der Waals surface area contributed by atoms with Crippen LogP contribution in [0.4, 0.5) is 0 Å². The molecule has 3 nitrogen and oxygen atoms in total. The molecule has 0 radical (unpaired) electrons. The van der Waals surface area contributed by atoms with Crippen LogP contribution >= 0.6 is 0 Å². The standard InChI is InChI=1S/C18H21N3/c1-12-6-4-5-7-15(12)18-20-16-10-13(2)14(3)11-17(16)21(18)9-8-19/h4-7,10-11H,8-9,19H2,1-3H3. The van der Waals surface area contributed by atoms with Crippen LogP contribution in [0.5, 0.6) is 0 Å². The molecule has 1 aromatic heterocycles. The summed E-state index contributed by atoms with van der Waals surface area (Å²) in [6.07, 6.45) is 0. The van der Waals surface area contributed by atoms with Gasteiger partial charge >= 0.3 is 0 Å². The molecule has 0 aliphatic carbocycles. The van der Waals surface area contributed by atoms with Crippen LogP contribution in [0.15, 0.2) is 36.4 Å². The van der Waals surface area contributed by atoms with Crippen molar-refractivity contribution >= 4 is 11.0 Å². The minimum absolute atomic E-state index is 0.608. The number of nitrogens with two attached hydrogens (primary N) is 1. The number of rotatable bonds is 3. The molecule has 108 valence electrons. The van der Waals surface area contributed by atoms with Crippen LogP contribution in [0.3, 0.4) is 0 Å². The van der Waals surface area contributed by atoms with E-state index in [0.717, 1.165) is 17.9 Å². The van der Waals surface area contributed by atoms with E-state index in [0.29, 0.717) is 6.54 Å². The van der Waals surface area contributed by atoms with Gasteiger partial charge in [-0.3, -0.25) is 0 Å². The SMILES string of the molecule is Cc1cc2nc(-c3ccccc3C)n(CCN)c2cc1C. The maximum Gasteiger partial charge on any atom is 0.141 e. The summed E-state index contributed by atoms with van der Waals surface area (Å²) in [7, 11) is 0. The van der Waals surface area contributed by atoms with Crippen LogP contribution in [0, 0.1) is 20.8 Å². The van der Waals surface area contributed by atoms with Gasteiger partial charge in [-0.1, -0.05) is 24.3 Å². The average Bonchev–Trinajstić information content (AvgIpc) is 2.79. The summed E-state index contributed by atoms with van der Waals surface area (Å²) < 4.78 is 2.24. The van der Waals surface area contributed by atoms with E-state index in [2.05, 4.69) is 61.7 Å². The Morgan fingerprint density at radius 3 is 2.43 bits per heavy atom. The summed E-state index contributed by atoms with van der Waals surface area (Å²) in [5.41, 5.74) is 13.0. The summed E-state index contributed by atoms with van der Waals surface area (Å²) >= 11 is 0. The lowest BCUT2D eigenvalue weighted by atomic mass is 10.1. The van der Waals surface area contributed by atoms with Crippen molar-refractivity contribution in [2.75, 3.05) is 6.54 Å². The molecule has 0 saturated carbocycles. The number of aromatic nitrogens is 2. The van der Waals surface area contributed by atoms with Gasteiger partial charge in [0.05, 0.1) is 11.0 Å². The molecular formula is C18H21N3. The van der Waals surface area contributed by atoms with E-state index in [-0.39, 0.29) is 0 Å². The molecule has 0 atom stereocenters. The van der Waals surface area contributed by atoms with Gasteiger partial charge in [-0.2, -0.15) is 0 Å². The van der Waals surface area contributed by atoms with Crippen LogP contribution in [0.2, 0.25) is 0 Å². The van der Waals surface area contributed by atoms with E-state index in [4.69, 9.17) is 10.7 Å². The Morgan fingerprint density at radius 1 is 1.00 bits per heavy atom. The van der Waals surface area contributed by atoms with Gasteiger partial charge in [0.25, 0.3) is 0 Å². The fourth-order valence-corrected chi connectivity index (χ4v) is 2.76. The Kier molecular flexibility index (Phi) is 3.52. The summed E-state index contributed by atoms with van der Waals surface area (Å²) in [5, 5.41) is 0. The number of hydrogen-bond donors (Lipinski definition) is 1. The van der Waals surface area contributed by atoms with Crippen molar-refractivity contribution in [3.05, 3.63) is 53.1 Å². The van der Waals surface area contributed by atoms with Gasteiger partial charge in [0, 0.05) is 18.7 Å². The van der Waals surface area contributed by atoms with Gasteiger partial charge in [-0.15, -0.1) is 0 Å². The molecule has 0 unspecified atom stereocenters. The first-order chi connectivity index (χ1) is 10.1. The van der Waals surface area contributed by atoms with Gasteiger partial charge in [-0.25, -0.2) is 4.98 Å². The molecule has 0 amide bonds. The van der Waals surface area contributed by atoms with Crippen molar-refractivity contribution in [3.63, 3.8) is 0 Å². The predicted molar refractivity (Wildman–Crippen MR) is 88.4 cm³/mol. The first-order valence-corrected chi connectivity index (χ1v) is 7.35. The first kappa shape index (κ1) is 13.8. The molecule has 2 N–H and O–H groups in total. The second-order valence-electron chi connectivity index (χ2n) is 5.62. The Balaban J connectivity index is 2.32. The number of fused-ring (bicyclic) bond motifs is 1. The monoisotopic (exact) mass is 279 g/mol. The molecular weight excluding hydrogens is 258 g/mol. The maximum atomic E-state index is 5.82. The Bertz CT molecular complexity index is 800. The number of benzene rings is 2. The highest BCUT2D eigenvalue weighted by molar-refractivity contribution is 5.82. The molecule has 1 heterocycles. The normalized spacial score (nSPS) is 11.2. The van der Waals surface area contributed by atoms with E-state index < -0.39 is 0 Å². The van der Waals surface area contributed by atoms with Crippen LogP contribution in [-0.4, -0.2) is 16.1 Å². The molecule has 3 heteroatoms. The van der Waals surface area contributed by atoms with E-state index in [1.165, 1.54) is 27.8 Å². The smallest absolute Gasteiger partial charge is 0.141 e. The van der Waals surface area contributed by atoms with E-state index in [9.17, 15) is 0 Å². The molecule has 3 aromatic rings. The van der Waals surface area contributed by atoms with Crippen LogP contribution in [0.25, 0.3) is 22.4 Å². The number of imidazole rings is 1. The topological polar surface area (TPSA) is 43.8 Å². The van der Waals surface area contributed by atoms with Crippen molar-refractivity contribution in [2.24, 2.45) is 5.73 Å². The Hall–Kier alpha value is -2.13. The number of aryl methyl sites for hydroxylation is 3. The summed E-state index contributed by atoms with van der Waals surface area (Å²) in [6, 6.07) is 12.8. The first-order valence-electron chi connectivity index (χ1n) is 7.35. The van der Waals surface area contributed by atoms with E-state index in [1.54, 1.807) is 0 Å². The van der Waals surface area contributed by atoms with Crippen molar-refractivity contribution in [2.45, 2.75) is 27.3 Å². The third-order valence-electron chi connectivity index (χ3n) is 4.10. The lowest BCUT2D eigenvalue weighted by molar-refractivity contribution is 0.735. The summed E-state index contributed by atoms with van der Waals surface area (Å²) in [6.45, 7) is 7.78. The largest absolute Gasteiger partial charge is 0.329 e. The van der Waals surface area contributed by atoms with Crippen molar-refractivity contribution in [3.8, 4) is 11.4 Å². The molecule has 0 aliphatic rings. The lowest BCUT2D eigenvalue weighted by Gasteiger charge is -2.10.